The molecule has 0 bridgehead atoms. The van der Waals surface area contributed by atoms with Gasteiger partial charge in [0.15, 0.2) is 5.13 Å². The van der Waals surface area contributed by atoms with E-state index < -0.39 is 21.8 Å². The molecule has 0 unspecified atom stereocenters. The van der Waals surface area contributed by atoms with Crippen LogP contribution in [0, 0.1) is 5.82 Å². The maximum atomic E-state index is 13.0. The molecule has 0 atom stereocenters. The van der Waals surface area contributed by atoms with E-state index in [1.54, 1.807) is 0 Å². The molecule has 6 nitrogen and oxygen atoms in total. The van der Waals surface area contributed by atoms with Gasteiger partial charge in [-0.05, 0) is 18.2 Å². The lowest BCUT2D eigenvalue weighted by atomic mass is 10.3. The molecule has 2 aromatic rings. The number of sulfonamides is 1. The molecule has 0 fully saturated rings. The summed E-state index contributed by atoms with van der Waals surface area (Å²) in [5.41, 5.74) is 0.249. The Labute approximate surface area is 118 Å². The number of halogens is 1. The second-order valence-electron chi connectivity index (χ2n) is 3.78. The molecule has 9 heteroatoms. The molecule has 0 aliphatic rings. The SMILES string of the molecule is O=C(O)Cc1csc(NS(=O)(=O)c2cccc(F)c2)n1. The number of nitrogens with zero attached hydrogens (tertiary/aromatic N) is 1. The van der Waals surface area contributed by atoms with E-state index in [1.165, 1.54) is 17.5 Å². The molecule has 1 aromatic carbocycles. The van der Waals surface area contributed by atoms with Crippen molar-refractivity contribution in [3.8, 4) is 0 Å². The number of benzene rings is 1. The van der Waals surface area contributed by atoms with Gasteiger partial charge in [0.25, 0.3) is 10.0 Å². The standard InChI is InChI=1S/C11H9FN2O4S2/c12-7-2-1-3-9(4-7)20(17,18)14-11-13-8(6-19-11)5-10(15)16/h1-4,6H,5H2,(H,13,14)(H,15,16). The molecular formula is C11H9FN2O4S2. The smallest absolute Gasteiger partial charge is 0.309 e. The van der Waals surface area contributed by atoms with Crippen LogP contribution in [0.3, 0.4) is 0 Å². The van der Waals surface area contributed by atoms with Gasteiger partial charge >= 0.3 is 5.97 Å². The molecule has 1 aromatic heterocycles. The predicted molar refractivity (Wildman–Crippen MR) is 70.7 cm³/mol. The number of hydrogen-bond acceptors (Lipinski definition) is 5. The number of nitrogens with one attached hydrogen (secondary N) is 1. The van der Waals surface area contributed by atoms with Crippen LogP contribution in [0.5, 0.6) is 0 Å². The lowest BCUT2D eigenvalue weighted by Crippen LogP contribution is -2.13. The largest absolute Gasteiger partial charge is 0.481 e. The summed E-state index contributed by atoms with van der Waals surface area (Å²) in [4.78, 5) is 14.1. The van der Waals surface area contributed by atoms with Crippen LogP contribution in [-0.4, -0.2) is 24.5 Å². The second kappa shape index (κ2) is 5.55. The Hall–Kier alpha value is -2.00. The van der Waals surface area contributed by atoms with E-state index in [0.717, 1.165) is 23.5 Å². The summed E-state index contributed by atoms with van der Waals surface area (Å²) < 4.78 is 39.1. The highest BCUT2D eigenvalue weighted by molar-refractivity contribution is 7.93. The Balaban J connectivity index is 2.20. The minimum Gasteiger partial charge on any atom is -0.481 e. The first kappa shape index (κ1) is 14.4. The molecule has 0 aliphatic carbocycles. The summed E-state index contributed by atoms with van der Waals surface area (Å²) in [5.74, 6) is -1.73. The molecule has 1 heterocycles. The van der Waals surface area contributed by atoms with E-state index in [2.05, 4.69) is 9.71 Å². The van der Waals surface area contributed by atoms with Gasteiger partial charge in [-0.25, -0.2) is 17.8 Å². The average molecular weight is 316 g/mol. The van der Waals surface area contributed by atoms with Crippen LogP contribution in [0.4, 0.5) is 9.52 Å². The van der Waals surface area contributed by atoms with Crippen LogP contribution in [0.1, 0.15) is 5.69 Å². The van der Waals surface area contributed by atoms with Gasteiger partial charge in [-0.2, -0.15) is 0 Å². The van der Waals surface area contributed by atoms with Gasteiger partial charge in [-0.15, -0.1) is 11.3 Å². The average Bonchev–Trinajstić information content (AvgIpc) is 2.74. The predicted octanol–water partition coefficient (Wildman–Crippen LogP) is 1.71. The summed E-state index contributed by atoms with van der Waals surface area (Å²) in [6, 6.07) is 4.54. The molecule has 2 N–H and O–H groups in total. The second-order valence-corrected chi connectivity index (χ2v) is 6.32. The van der Waals surface area contributed by atoms with Crippen molar-refractivity contribution in [1.82, 2.24) is 4.98 Å². The van der Waals surface area contributed by atoms with Crippen molar-refractivity contribution < 1.29 is 22.7 Å². The number of anilines is 1. The van der Waals surface area contributed by atoms with Crippen LogP contribution < -0.4 is 4.72 Å². The first-order chi connectivity index (χ1) is 9.37. The monoisotopic (exact) mass is 316 g/mol. The minimum absolute atomic E-state index is 0.0329. The van der Waals surface area contributed by atoms with Crippen LogP contribution in [-0.2, 0) is 21.2 Å². The zero-order valence-electron chi connectivity index (χ0n) is 9.91. The molecule has 0 radical (unpaired) electrons. The number of hydrogen-bond donors (Lipinski definition) is 2. The maximum Gasteiger partial charge on any atom is 0.309 e. The number of aliphatic carboxylic acids is 1. The van der Waals surface area contributed by atoms with Crippen LogP contribution in [0.2, 0.25) is 0 Å². The van der Waals surface area contributed by atoms with E-state index in [0.29, 0.717) is 0 Å². The minimum atomic E-state index is -3.94. The summed E-state index contributed by atoms with van der Waals surface area (Å²) in [6.45, 7) is 0. The Morgan fingerprint density at radius 2 is 2.20 bits per heavy atom. The van der Waals surface area contributed by atoms with Crippen LogP contribution in [0.15, 0.2) is 34.5 Å². The van der Waals surface area contributed by atoms with Crippen molar-refractivity contribution in [2.45, 2.75) is 11.3 Å². The molecular weight excluding hydrogens is 307 g/mol. The fourth-order valence-electron chi connectivity index (χ4n) is 1.40. The van der Waals surface area contributed by atoms with Gasteiger partial charge in [0, 0.05) is 5.38 Å². The summed E-state index contributed by atoms with van der Waals surface area (Å²) in [7, 11) is -3.94. The maximum absolute atomic E-state index is 13.0. The van der Waals surface area contributed by atoms with Crippen molar-refractivity contribution in [1.29, 1.82) is 0 Å². The number of aromatic nitrogens is 1. The zero-order chi connectivity index (χ0) is 14.8. The highest BCUT2D eigenvalue weighted by atomic mass is 32.2. The van der Waals surface area contributed by atoms with Gasteiger partial charge in [0.1, 0.15) is 5.82 Å². The van der Waals surface area contributed by atoms with Gasteiger partial charge < -0.3 is 5.11 Å². The van der Waals surface area contributed by atoms with Crippen molar-refractivity contribution >= 4 is 32.5 Å². The Kier molecular flexibility index (Phi) is 4.00. The third kappa shape index (κ3) is 3.52. The van der Waals surface area contributed by atoms with Crippen molar-refractivity contribution in [2.75, 3.05) is 4.72 Å². The summed E-state index contributed by atoms with van der Waals surface area (Å²) in [5, 5.41) is 10.1. The van der Waals surface area contributed by atoms with E-state index in [9.17, 15) is 17.6 Å². The third-order valence-corrected chi connectivity index (χ3v) is 4.48. The zero-order valence-corrected chi connectivity index (χ0v) is 11.5. The Morgan fingerprint density at radius 1 is 1.45 bits per heavy atom. The fraction of sp³-hybridized carbons (Fsp3) is 0.0909. The van der Waals surface area contributed by atoms with Crippen LogP contribution in [0.25, 0.3) is 0 Å². The first-order valence-electron chi connectivity index (χ1n) is 5.31. The lowest BCUT2D eigenvalue weighted by molar-refractivity contribution is -0.136. The molecule has 0 amide bonds. The van der Waals surface area contributed by atoms with E-state index in [1.807, 2.05) is 0 Å². The molecule has 0 saturated carbocycles. The number of carboxylic acid groups (broad SMARTS) is 1. The third-order valence-electron chi connectivity index (χ3n) is 2.21. The van der Waals surface area contributed by atoms with Gasteiger partial charge in [0.05, 0.1) is 17.0 Å². The van der Waals surface area contributed by atoms with Crippen LogP contribution >= 0.6 is 11.3 Å². The summed E-state index contributed by atoms with van der Waals surface area (Å²) in [6.07, 6.45) is -0.293. The normalized spacial score (nSPS) is 11.2. The molecule has 20 heavy (non-hydrogen) atoms. The number of rotatable bonds is 5. The molecule has 106 valence electrons. The Morgan fingerprint density at radius 3 is 2.85 bits per heavy atom. The Bertz CT molecular complexity index is 742. The van der Waals surface area contributed by atoms with Gasteiger partial charge in [-0.3, -0.25) is 9.52 Å². The van der Waals surface area contributed by atoms with E-state index >= 15 is 0 Å². The first-order valence-corrected chi connectivity index (χ1v) is 7.68. The molecule has 0 spiro atoms. The number of thiazole rings is 1. The molecule has 2 rings (SSSR count). The molecule has 0 aliphatic heterocycles. The fourth-order valence-corrected chi connectivity index (χ4v) is 3.39. The highest BCUT2D eigenvalue weighted by Crippen LogP contribution is 2.20. The van der Waals surface area contributed by atoms with Gasteiger partial charge in [-0.1, -0.05) is 6.07 Å². The molecule has 0 saturated heterocycles. The van der Waals surface area contributed by atoms with E-state index in [-0.39, 0.29) is 22.1 Å². The van der Waals surface area contributed by atoms with Gasteiger partial charge in [0.2, 0.25) is 0 Å². The van der Waals surface area contributed by atoms with Crippen molar-refractivity contribution in [2.24, 2.45) is 0 Å². The summed E-state index contributed by atoms with van der Waals surface area (Å²) >= 11 is 0.959. The quantitative estimate of drug-likeness (QED) is 0.875. The van der Waals surface area contributed by atoms with E-state index in [4.69, 9.17) is 5.11 Å². The van der Waals surface area contributed by atoms with Crippen molar-refractivity contribution in [3.05, 3.63) is 41.2 Å². The number of carboxylic acids is 1. The van der Waals surface area contributed by atoms with Crippen molar-refractivity contribution in [3.63, 3.8) is 0 Å². The topological polar surface area (TPSA) is 96.4 Å². The number of carbonyl (C=O) groups is 1. The highest BCUT2D eigenvalue weighted by Gasteiger charge is 2.17. The lowest BCUT2D eigenvalue weighted by Gasteiger charge is -2.04.